The molecule has 0 aliphatic rings. The highest BCUT2D eigenvalue weighted by molar-refractivity contribution is 5.72. The molecular weight excluding hydrogens is 218 g/mol. The summed E-state index contributed by atoms with van der Waals surface area (Å²) in [4.78, 5) is 10.1. The van der Waals surface area contributed by atoms with Gasteiger partial charge in [-0.2, -0.15) is 0 Å². The molecule has 0 unspecified atom stereocenters. The molecule has 1 aromatic heterocycles. The maximum absolute atomic E-state index is 10.1. The Hall–Kier alpha value is -1.36. The van der Waals surface area contributed by atoms with Crippen molar-refractivity contribution in [3.8, 4) is 0 Å². The number of hydrogen-bond acceptors (Lipinski definition) is 2. The number of aliphatic carboxylic acids is 1. The molecule has 0 fully saturated rings. The molecule has 0 radical (unpaired) electrons. The van der Waals surface area contributed by atoms with Gasteiger partial charge in [0.15, 0.2) is 0 Å². The van der Waals surface area contributed by atoms with Crippen LogP contribution in [-0.4, -0.2) is 21.7 Å². The number of carboxylic acids is 1. The molecule has 17 heavy (non-hydrogen) atoms. The van der Waals surface area contributed by atoms with Crippen molar-refractivity contribution in [2.24, 2.45) is 18.7 Å². The Labute approximate surface area is 103 Å². The lowest BCUT2D eigenvalue weighted by atomic mass is 10.1. The van der Waals surface area contributed by atoms with E-state index in [1.54, 1.807) is 0 Å². The largest absolute Gasteiger partial charge is 0.480 e. The molecule has 0 aromatic carbocycles. The fraction of sp³-hybridized carbons (Fsp3) is 0.667. The van der Waals surface area contributed by atoms with Crippen molar-refractivity contribution in [3.05, 3.63) is 18.7 Å². The van der Waals surface area contributed by atoms with Crippen molar-refractivity contribution >= 4 is 5.97 Å². The van der Waals surface area contributed by atoms with Crippen LogP contribution in [0.25, 0.3) is 0 Å². The molecule has 0 spiro atoms. The highest BCUT2D eigenvalue weighted by Crippen LogP contribution is 2.01. The van der Waals surface area contributed by atoms with Gasteiger partial charge in [-0.3, -0.25) is 4.79 Å². The summed E-state index contributed by atoms with van der Waals surface area (Å²) in [5, 5.41) is 8.31. The monoisotopic (exact) mass is 242 g/mol. The van der Waals surface area contributed by atoms with Crippen molar-refractivity contribution in [2.75, 3.05) is 0 Å². The van der Waals surface area contributed by atoms with Crippen molar-refractivity contribution in [1.82, 2.24) is 4.57 Å². The first-order chi connectivity index (χ1) is 7.86. The number of carbonyl (C=O) groups is 1. The SMILES string of the molecule is CC(C)C[C@H](N)C(=O)O.CC[n+]1ccn(C)c1. The van der Waals surface area contributed by atoms with Gasteiger partial charge in [-0.1, -0.05) is 13.8 Å². The number of hydrogen-bond donors (Lipinski definition) is 2. The topological polar surface area (TPSA) is 72.1 Å². The normalized spacial score (nSPS) is 11.9. The second kappa shape index (κ2) is 7.84. The first kappa shape index (κ1) is 15.6. The van der Waals surface area contributed by atoms with E-state index in [0.29, 0.717) is 12.3 Å². The number of imidazole rings is 1. The van der Waals surface area contributed by atoms with Crippen LogP contribution in [0.4, 0.5) is 0 Å². The van der Waals surface area contributed by atoms with Gasteiger partial charge in [0, 0.05) is 0 Å². The number of nitrogens with two attached hydrogens (primary N) is 1. The van der Waals surface area contributed by atoms with E-state index in [0.717, 1.165) is 6.54 Å². The molecule has 5 heteroatoms. The summed E-state index contributed by atoms with van der Waals surface area (Å²) in [6, 6.07) is -0.690. The molecule has 98 valence electrons. The zero-order chi connectivity index (χ0) is 13.4. The van der Waals surface area contributed by atoms with Crippen LogP contribution in [-0.2, 0) is 18.4 Å². The van der Waals surface area contributed by atoms with Gasteiger partial charge >= 0.3 is 5.97 Å². The quantitative estimate of drug-likeness (QED) is 0.766. The second-order valence-corrected chi connectivity index (χ2v) is 4.48. The lowest BCUT2D eigenvalue weighted by Crippen LogP contribution is -2.31. The minimum absolute atomic E-state index is 0.357. The van der Waals surface area contributed by atoms with Crippen molar-refractivity contribution in [3.63, 3.8) is 0 Å². The first-order valence-corrected chi connectivity index (χ1v) is 5.86. The van der Waals surface area contributed by atoms with E-state index in [2.05, 4.69) is 24.0 Å². The minimum atomic E-state index is -0.913. The summed E-state index contributed by atoms with van der Waals surface area (Å²) in [6.45, 7) is 7.08. The molecule has 0 saturated heterocycles. The summed E-state index contributed by atoms with van der Waals surface area (Å²) < 4.78 is 4.16. The summed E-state index contributed by atoms with van der Waals surface area (Å²) in [7, 11) is 2.02. The Kier molecular flexibility index (Phi) is 7.21. The summed E-state index contributed by atoms with van der Waals surface area (Å²) in [6.07, 6.45) is 6.69. The number of nitrogens with zero attached hydrogens (tertiary/aromatic N) is 2. The Morgan fingerprint density at radius 1 is 1.53 bits per heavy atom. The van der Waals surface area contributed by atoms with Crippen LogP contribution < -0.4 is 10.3 Å². The number of aryl methyl sites for hydroxylation is 2. The molecule has 3 N–H and O–H groups in total. The van der Waals surface area contributed by atoms with Crippen LogP contribution in [0.3, 0.4) is 0 Å². The van der Waals surface area contributed by atoms with Crippen molar-refractivity contribution in [1.29, 1.82) is 0 Å². The number of rotatable bonds is 4. The predicted octanol–water partition coefficient (Wildman–Crippen LogP) is 0.777. The number of aromatic nitrogens is 2. The first-order valence-electron chi connectivity index (χ1n) is 5.86. The predicted molar refractivity (Wildman–Crippen MR) is 66.3 cm³/mol. The van der Waals surface area contributed by atoms with Crippen molar-refractivity contribution in [2.45, 2.75) is 39.8 Å². The van der Waals surface area contributed by atoms with Gasteiger partial charge in [0.05, 0.1) is 13.6 Å². The Balaban J connectivity index is 0.000000302. The molecule has 0 saturated carbocycles. The minimum Gasteiger partial charge on any atom is -0.480 e. The fourth-order valence-electron chi connectivity index (χ4n) is 1.30. The van der Waals surface area contributed by atoms with Crippen LogP contribution in [0, 0.1) is 5.92 Å². The van der Waals surface area contributed by atoms with Crippen LogP contribution in [0.1, 0.15) is 27.2 Å². The zero-order valence-corrected chi connectivity index (χ0v) is 11.1. The van der Waals surface area contributed by atoms with Gasteiger partial charge in [-0.15, -0.1) is 0 Å². The standard InChI is InChI=1S/C6H11N2.C6H13NO2/c1-3-8-5-4-7(2)6-8;1-4(2)3-5(7)6(8)9/h4-6H,3H2,1-2H3;4-5H,3,7H2,1-2H3,(H,8,9)/q+1;/t;5-/m.0/s1. The molecule has 5 nitrogen and oxygen atoms in total. The van der Waals surface area contributed by atoms with Gasteiger partial charge in [0.2, 0.25) is 6.33 Å². The lowest BCUT2D eigenvalue weighted by molar-refractivity contribution is -0.693. The molecule has 0 amide bonds. The van der Waals surface area contributed by atoms with Crippen LogP contribution in [0.5, 0.6) is 0 Å². The average Bonchev–Trinajstić information content (AvgIpc) is 2.64. The average molecular weight is 242 g/mol. The summed E-state index contributed by atoms with van der Waals surface area (Å²) >= 11 is 0. The van der Waals surface area contributed by atoms with E-state index in [9.17, 15) is 4.79 Å². The summed E-state index contributed by atoms with van der Waals surface area (Å²) in [5.41, 5.74) is 5.22. The lowest BCUT2D eigenvalue weighted by Gasteiger charge is -2.07. The molecule has 0 aliphatic carbocycles. The molecule has 1 heterocycles. The maximum atomic E-state index is 10.1. The van der Waals surface area contributed by atoms with Gasteiger partial charge in [-0.25, -0.2) is 9.13 Å². The number of carboxylic acid groups (broad SMARTS) is 1. The highest BCUT2D eigenvalue weighted by Gasteiger charge is 2.11. The molecule has 0 bridgehead atoms. The smallest absolute Gasteiger partial charge is 0.320 e. The molecule has 1 atom stereocenters. The van der Waals surface area contributed by atoms with E-state index < -0.39 is 12.0 Å². The third-order valence-electron chi connectivity index (χ3n) is 2.23. The fourth-order valence-corrected chi connectivity index (χ4v) is 1.30. The third-order valence-corrected chi connectivity index (χ3v) is 2.23. The third kappa shape index (κ3) is 7.52. The Morgan fingerprint density at radius 2 is 2.12 bits per heavy atom. The molecular formula is C12H24N3O2+. The van der Waals surface area contributed by atoms with Crippen LogP contribution in [0.15, 0.2) is 18.7 Å². The highest BCUT2D eigenvalue weighted by atomic mass is 16.4. The van der Waals surface area contributed by atoms with Gasteiger partial charge in [0.25, 0.3) is 0 Å². The van der Waals surface area contributed by atoms with E-state index >= 15 is 0 Å². The second-order valence-electron chi connectivity index (χ2n) is 4.48. The zero-order valence-electron chi connectivity index (χ0n) is 11.1. The molecule has 1 aromatic rings. The maximum Gasteiger partial charge on any atom is 0.320 e. The molecule has 0 aliphatic heterocycles. The van der Waals surface area contributed by atoms with E-state index in [-0.39, 0.29) is 0 Å². The van der Waals surface area contributed by atoms with E-state index in [1.807, 2.05) is 31.7 Å². The Bertz CT molecular complexity index is 334. The van der Waals surface area contributed by atoms with E-state index in [4.69, 9.17) is 10.8 Å². The van der Waals surface area contributed by atoms with Crippen LogP contribution >= 0.6 is 0 Å². The Morgan fingerprint density at radius 3 is 2.29 bits per heavy atom. The van der Waals surface area contributed by atoms with Gasteiger partial charge < -0.3 is 10.8 Å². The van der Waals surface area contributed by atoms with Gasteiger partial charge in [-0.05, 0) is 19.3 Å². The summed E-state index contributed by atoms with van der Waals surface area (Å²) in [5.74, 6) is -0.556. The van der Waals surface area contributed by atoms with Crippen LogP contribution in [0.2, 0.25) is 0 Å². The van der Waals surface area contributed by atoms with Crippen molar-refractivity contribution < 1.29 is 14.5 Å². The van der Waals surface area contributed by atoms with Gasteiger partial charge in [0.1, 0.15) is 18.4 Å². The molecule has 1 rings (SSSR count). The van der Waals surface area contributed by atoms with E-state index in [1.165, 1.54) is 0 Å².